The van der Waals surface area contributed by atoms with Crippen LogP contribution in [0.2, 0.25) is 5.02 Å². The Morgan fingerprint density at radius 1 is 0.973 bits per heavy atom. The molecule has 2 fully saturated rings. The molecule has 2 aromatic rings. The Morgan fingerprint density at radius 2 is 1.68 bits per heavy atom. The molecule has 1 aliphatic heterocycles. The topological polar surface area (TPSA) is 95.7 Å². The lowest BCUT2D eigenvalue weighted by Crippen LogP contribution is -2.52. The standard InChI is InChI=1S/C29H37ClN4O3/c30-23-13-11-21(12-14-23)19-26(32-27(35)15-17-31)29(37)33-18-16-25(20-33)34(24-9-5-2-6-10-24)28(36)22-7-3-1-4-8-22/h1,3-4,7-8,11-14,24-26H,2,5-6,9-10,15-20,31H2,(H,32,35)/t25-,26-/m1/s1. The molecule has 0 bridgehead atoms. The number of likely N-dealkylation sites (tertiary alicyclic amines) is 1. The largest absolute Gasteiger partial charge is 0.344 e. The molecule has 2 aromatic carbocycles. The van der Waals surface area contributed by atoms with Crippen molar-refractivity contribution in [1.29, 1.82) is 0 Å². The third-order valence-electron chi connectivity index (χ3n) is 7.45. The van der Waals surface area contributed by atoms with Crippen LogP contribution in [0, 0.1) is 0 Å². The SMILES string of the molecule is NCCC(=O)N[C@H](Cc1ccc(Cl)cc1)C(=O)N1CC[C@@H](N(C(=O)c2ccccc2)C2CCCCC2)C1. The molecular formula is C29H37ClN4O3. The molecule has 8 heteroatoms. The van der Waals surface area contributed by atoms with Crippen molar-refractivity contribution in [3.05, 3.63) is 70.7 Å². The molecule has 1 saturated carbocycles. The van der Waals surface area contributed by atoms with E-state index in [1.165, 1.54) is 6.42 Å². The van der Waals surface area contributed by atoms with Gasteiger partial charge < -0.3 is 20.9 Å². The highest BCUT2D eigenvalue weighted by Gasteiger charge is 2.39. The summed E-state index contributed by atoms with van der Waals surface area (Å²) in [4.78, 5) is 43.6. The Kier molecular flexibility index (Phi) is 9.58. The molecule has 37 heavy (non-hydrogen) atoms. The highest BCUT2D eigenvalue weighted by Crippen LogP contribution is 2.29. The third-order valence-corrected chi connectivity index (χ3v) is 7.70. The predicted molar refractivity (Wildman–Crippen MR) is 145 cm³/mol. The number of hydrogen-bond acceptors (Lipinski definition) is 4. The first-order valence-electron chi connectivity index (χ1n) is 13.4. The van der Waals surface area contributed by atoms with E-state index >= 15 is 0 Å². The van der Waals surface area contributed by atoms with Crippen molar-refractivity contribution in [3.8, 4) is 0 Å². The molecule has 3 N–H and O–H groups in total. The van der Waals surface area contributed by atoms with E-state index in [0.29, 0.717) is 30.1 Å². The van der Waals surface area contributed by atoms with E-state index in [2.05, 4.69) is 10.2 Å². The molecule has 2 aliphatic rings. The smallest absolute Gasteiger partial charge is 0.254 e. The fourth-order valence-corrected chi connectivity index (χ4v) is 5.69. The van der Waals surface area contributed by atoms with Gasteiger partial charge in [0.25, 0.3) is 5.91 Å². The maximum Gasteiger partial charge on any atom is 0.254 e. The van der Waals surface area contributed by atoms with Gasteiger partial charge in [0.2, 0.25) is 11.8 Å². The zero-order valence-electron chi connectivity index (χ0n) is 21.3. The Bertz CT molecular complexity index is 1060. The van der Waals surface area contributed by atoms with Crippen molar-refractivity contribution in [2.24, 2.45) is 5.73 Å². The van der Waals surface area contributed by atoms with Crippen LogP contribution in [0.25, 0.3) is 0 Å². The molecule has 7 nitrogen and oxygen atoms in total. The van der Waals surface area contributed by atoms with Gasteiger partial charge >= 0.3 is 0 Å². The van der Waals surface area contributed by atoms with Gasteiger partial charge in [-0.1, -0.05) is 61.2 Å². The van der Waals surface area contributed by atoms with Crippen molar-refractivity contribution >= 4 is 29.3 Å². The fraction of sp³-hybridized carbons (Fsp3) is 0.483. The lowest BCUT2D eigenvalue weighted by molar-refractivity contribution is -0.135. The summed E-state index contributed by atoms with van der Waals surface area (Å²) in [6.07, 6.45) is 6.69. The first kappa shape index (κ1) is 27.1. The molecule has 2 atom stereocenters. The lowest BCUT2D eigenvalue weighted by Gasteiger charge is -2.39. The van der Waals surface area contributed by atoms with E-state index in [1.54, 1.807) is 12.1 Å². The van der Waals surface area contributed by atoms with Gasteiger partial charge in [-0.3, -0.25) is 14.4 Å². The van der Waals surface area contributed by atoms with Gasteiger partial charge in [-0.15, -0.1) is 0 Å². The number of nitrogens with zero attached hydrogens (tertiary/aromatic N) is 2. The Labute approximate surface area is 224 Å². The summed E-state index contributed by atoms with van der Waals surface area (Å²) < 4.78 is 0. The minimum Gasteiger partial charge on any atom is -0.344 e. The molecule has 3 amide bonds. The van der Waals surface area contributed by atoms with E-state index in [9.17, 15) is 14.4 Å². The van der Waals surface area contributed by atoms with E-state index in [-0.39, 0.29) is 42.8 Å². The quantitative estimate of drug-likeness (QED) is 0.521. The van der Waals surface area contributed by atoms with Crippen molar-refractivity contribution in [3.63, 3.8) is 0 Å². The second-order valence-electron chi connectivity index (χ2n) is 10.1. The van der Waals surface area contributed by atoms with Crippen molar-refractivity contribution < 1.29 is 14.4 Å². The van der Waals surface area contributed by atoms with E-state index in [1.807, 2.05) is 47.4 Å². The molecule has 1 aliphatic carbocycles. The molecular weight excluding hydrogens is 488 g/mol. The molecule has 1 heterocycles. The van der Waals surface area contributed by atoms with Gasteiger partial charge in [0, 0.05) is 49.1 Å². The summed E-state index contributed by atoms with van der Waals surface area (Å²) in [5.74, 6) is -0.326. The highest BCUT2D eigenvalue weighted by atomic mass is 35.5. The molecule has 4 rings (SSSR count). The Morgan fingerprint density at radius 3 is 2.35 bits per heavy atom. The molecule has 0 radical (unpaired) electrons. The summed E-state index contributed by atoms with van der Waals surface area (Å²) in [5, 5.41) is 3.51. The van der Waals surface area contributed by atoms with Crippen molar-refractivity contribution in [2.45, 2.75) is 69.5 Å². The van der Waals surface area contributed by atoms with E-state index in [4.69, 9.17) is 17.3 Å². The second kappa shape index (κ2) is 13.1. The number of nitrogens with two attached hydrogens (primary N) is 1. The maximum atomic E-state index is 13.7. The molecule has 0 spiro atoms. The van der Waals surface area contributed by atoms with Gasteiger partial charge in [-0.2, -0.15) is 0 Å². The van der Waals surface area contributed by atoms with Crippen LogP contribution in [0.4, 0.5) is 0 Å². The second-order valence-corrected chi connectivity index (χ2v) is 10.5. The van der Waals surface area contributed by atoms with Crippen LogP contribution < -0.4 is 11.1 Å². The third kappa shape index (κ3) is 7.11. The normalized spacial score (nSPS) is 18.9. The van der Waals surface area contributed by atoms with Crippen LogP contribution in [0.15, 0.2) is 54.6 Å². The van der Waals surface area contributed by atoms with Crippen LogP contribution >= 0.6 is 11.6 Å². The summed E-state index contributed by atoms with van der Waals surface area (Å²) in [7, 11) is 0. The zero-order valence-corrected chi connectivity index (χ0v) is 22.0. The van der Waals surface area contributed by atoms with Gasteiger partial charge in [-0.05, 0) is 49.1 Å². The first-order chi connectivity index (χ1) is 18.0. The van der Waals surface area contributed by atoms with E-state index < -0.39 is 6.04 Å². The van der Waals surface area contributed by atoms with Crippen LogP contribution in [0.3, 0.4) is 0 Å². The maximum absolute atomic E-state index is 13.7. The first-order valence-corrected chi connectivity index (χ1v) is 13.7. The van der Waals surface area contributed by atoms with Crippen molar-refractivity contribution in [2.75, 3.05) is 19.6 Å². The summed E-state index contributed by atoms with van der Waals surface area (Å²) in [6, 6.07) is 16.2. The average Bonchev–Trinajstić information content (AvgIpc) is 3.40. The van der Waals surface area contributed by atoms with Crippen LogP contribution in [-0.4, -0.2) is 65.3 Å². The summed E-state index contributed by atoms with van der Waals surface area (Å²) in [6.45, 7) is 1.24. The monoisotopic (exact) mass is 524 g/mol. The number of amides is 3. The zero-order chi connectivity index (χ0) is 26.2. The van der Waals surface area contributed by atoms with Crippen molar-refractivity contribution in [1.82, 2.24) is 15.1 Å². The van der Waals surface area contributed by atoms with Gasteiger partial charge in [0.1, 0.15) is 6.04 Å². The van der Waals surface area contributed by atoms with Gasteiger partial charge in [0.05, 0.1) is 6.04 Å². The predicted octanol–water partition coefficient (Wildman–Crippen LogP) is 3.79. The Balaban J connectivity index is 1.51. The van der Waals surface area contributed by atoms with Gasteiger partial charge in [-0.25, -0.2) is 0 Å². The van der Waals surface area contributed by atoms with Crippen LogP contribution in [-0.2, 0) is 16.0 Å². The Hall–Kier alpha value is -2.90. The van der Waals surface area contributed by atoms with Crippen LogP contribution in [0.1, 0.15) is 60.9 Å². The van der Waals surface area contributed by atoms with E-state index in [0.717, 1.165) is 37.7 Å². The number of halogens is 1. The summed E-state index contributed by atoms with van der Waals surface area (Å²) >= 11 is 6.03. The number of benzene rings is 2. The number of hydrogen-bond donors (Lipinski definition) is 2. The minimum atomic E-state index is -0.702. The molecule has 1 saturated heterocycles. The highest BCUT2D eigenvalue weighted by molar-refractivity contribution is 6.30. The fourth-order valence-electron chi connectivity index (χ4n) is 5.56. The lowest BCUT2D eigenvalue weighted by atomic mass is 9.92. The average molecular weight is 525 g/mol. The minimum absolute atomic E-state index is 0.0424. The molecule has 198 valence electrons. The molecule has 0 unspecified atom stereocenters. The van der Waals surface area contributed by atoms with Crippen LogP contribution in [0.5, 0.6) is 0 Å². The molecule has 0 aromatic heterocycles. The summed E-state index contributed by atoms with van der Waals surface area (Å²) in [5.41, 5.74) is 7.16. The number of carbonyl (C=O) groups excluding carboxylic acids is 3. The number of nitrogens with one attached hydrogen (secondary N) is 1. The number of rotatable bonds is 9. The van der Waals surface area contributed by atoms with Gasteiger partial charge in [0.15, 0.2) is 0 Å². The number of carbonyl (C=O) groups is 3.